The van der Waals surface area contributed by atoms with Crippen molar-refractivity contribution in [2.45, 2.75) is 11.7 Å². The van der Waals surface area contributed by atoms with E-state index in [0.29, 0.717) is 33.3 Å². The van der Waals surface area contributed by atoms with E-state index in [1.54, 1.807) is 49.6 Å². The first kappa shape index (κ1) is 22.7. The Bertz CT molecular complexity index is 1590. The molecule has 1 N–H and O–H groups in total. The van der Waals surface area contributed by atoms with E-state index in [4.69, 9.17) is 14.1 Å². The molecule has 0 aliphatic heterocycles. The molecule has 0 fully saturated rings. The third kappa shape index (κ3) is 4.76. The minimum Gasteiger partial charge on any atom is -0.497 e. The van der Waals surface area contributed by atoms with Crippen LogP contribution in [-0.4, -0.2) is 28.3 Å². The van der Waals surface area contributed by atoms with Crippen molar-refractivity contribution in [1.29, 1.82) is 0 Å². The number of nitrogens with one attached hydrogen (secondary N) is 1. The Kier molecular flexibility index (Phi) is 6.24. The van der Waals surface area contributed by atoms with Gasteiger partial charge in [-0.05, 0) is 42.0 Å². The van der Waals surface area contributed by atoms with Crippen molar-refractivity contribution in [3.8, 4) is 5.75 Å². The van der Waals surface area contributed by atoms with E-state index in [2.05, 4.69) is 5.32 Å². The smallest absolute Gasteiger partial charge is 0.298 e. The number of amides is 1. The number of benzene rings is 3. The molecule has 2 aromatic heterocycles. The van der Waals surface area contributed by atoms with Crippen LogP contribution in [-0.2, 0) is 11.3 Å². The highest BCUT2D eigenvalue weighted by atomic mass is 32.2. The topological polar surface area (TPSA) is 86.4 Å². The summed E-state index contributed by atoms with van der Waals surface area (Å²) in [5.41, 5.74) is 2.08. The van der Waals surface area contributed by atoms with Gasteiger partial charge < -0.3 is 14.5 Å². The van der Waals surface area contributed by atoms with E-state index in [1.807, 2.05) is 18.2 Å². The molecule has 0 unspecified atom stereocenters. The van der Waals surface area contributed by atoms with Gasteiger partial charge in [0, 0.05) is 17.1 Å². The molecule has 5 rings (SSSR count). The van der Waals surface area contributed by atoms with Crippen molar-refractivity contribution in [3.63, 3.8) is 0 Å². The maximum atomic E-state index is 13.4. The van der Waals surface area contributed by atoms with Crippen LogP contribution in [0.2, 0.25) is 0 Å². The molecular formula is C26H20FN3O4S. The highest BCUT2D eigenvalue weighted by Crippen LogP contribution is 2.28. The molecule has 2 heterocycles. The Hall–Kier alpha value is -4.11. The van der Waals surface area contributed by atoms with Gasteiger partial charge in [-0.1, -0.05) is 42.1 Å². The van der Waals surface area contributed by atoms with Gasteiger partial charge in [0.2, 0.25) is 11.5 Å². The number of fused-ring (bicyclic) bond motifs is 3. The van der Waals surface area contributed by atoms with Crippen LogP contribution in [0.3, 0.4) is 0 Å². The zero-order valence-corrected chi connectivity index (χ0v) is 19.5. The summed E-state index contributed by atoms with van der Waals surface area (Å²) in [6.45, 7) is 0.152. The first-order valence-corrected chi connectivity index (χ1v) is 11.7. The van der Waals surface area contributed by atoms with Crippen molar-refractivity contribution < 1.29 is 18.3 Å². The number of para-hydroxylation sites is 1. The third-order valence-electron chi connectivity index (χ3n) is 5.39. The number of hydrogen-bond donors (Lipinski definition) is 1. The van der Waals surface area contributed by atoms with Crippen molar-refractivity contribution in [2.75, 3.05) is 18.2 Å². The molecule has 9 heteroatoms. The minimum atomic E-state index is -0.369. The fourth-order valence-electron chi connectivity index (χ4n) is 3.70. The lowest BCUT2D eigenvalue weighted by Crippen LogP contribution is -2.24. The van der Waals surface area contributed by atoms with E-state index < -0.39 is 0 Å². The first-order chi connectivity index (χ1) is 17.0. The lowest BCUT2D eigenvalue weighted by molar-refractivity contribution is -0.113. The highest BCUT2D eigenvalue weighted by molar-refractivity contribution is 7.99. The Morgan fingerprint density at radius 3 is 2.71 bits per heavy atom. The molecule has 1 amide bonds. The Labute approximate surface area is 203 Å². The van der Waals surface area contributed by atoms with Gasteiger partial charge in [0.05, 0.1) is 19.4 Å². The maximum Gasteiger partial charge on any atom is 0.298 e. The normalized spacial score (nSPS) is 11.1. The van der Waals surface area contributed by atoms with Gasteiger partial charge in [0.15, 0.2) is 5.16 Å². The largest absolute Gasteiger partial charge is 0.497 e. The number of rotatable bonds is 7. The number of hydrogen-bond acceptors (Lipinski definition) is 6. The van der Waals surface area contributed by atoms with Gasteiger partial charge in [0.1, 0.15) is 22.7 Å². The lowest BCUT2D eigenvalue weighted by Gasteiger charge is -2.12. The van der Waals surface area contributed by atoms with Crippen LogP contribution >= 0.6 is 11.8 Å². The standard InChI is InChI=1S/C26H20FN3O4S/c1-33-19-6-4-5-18(13-19)28-22(31)15-35-26-29-23-20-7-2-3-8-21(20)34-24(23)25(32)30(26)14-16-9-11-17(27)12-10-16/h2-13H,14-15H2,1H3,(H,28,31). The number of methoxy groups -OCH3 is 1. The summed E-state index contributed by atoms with van der Waals surface area (Å²) in [4.78, 5) is 30.8. The summed E-state index contributed by atoms with van der Waals surface area (Å²) in [6.07, 6.45) is 0. The zero-order chi connectivity index (χ0) is 24.4. The van der Waals surface area contributed by atoms with Crippen molar-refractivity contribution in [3.05, 3.63) is 94.5 Å². The van der Waals surface area contributed by atoms with Gasteiger partial charge in [-0.3, -0.25) is 14.2 Å². The first-order valence-electron chi connectivity index (χ1n) is 10.7. The SMILES string of the molecule is COc1cccc(NC(=O)CSc2nc3c(oc4ccccc43)c(=O)n2Cc2ccc(F)cc2)c1. The molecule has 176 valence electrons. The average Bonchev–Trinajstić information content (AvgIpc) is 3.25. The van der Waals surface area contributed by atoms with Crippen LogP contribution in [0.4, 0.5) is 10.1 Å². The maximum absolute atomic E-state index is 13.4. The summed E-state index contributed by atoms with van der Waals surface area (Å²) in [5, 5.41) is 3.90. The third-order valence-corrected chi connectivity index (χ3v) is 6.36. The molecule has 5 aromatic rings. The van der Waals surface area contributed by atoms with Crippen LogP contribution in [0, 0.1) is 5.82 Å². The average molecular weight is 490 g/mol. The number of thioether (sulfide) groups is 1. The Morgan fingerprint density at radius 2 is 1.91 bits per heavy atom. The molecule has 3 aromatic carbocycles. The number of anilines is 1. The predicted octanol–water partition coefficient (Wildman–Crippen LogP) is 5.07. The summed E-state index contributed by atoms with van der Waals surface area (Å²) >= 11 is 1.14. The zero-order valence-electron chi connectivity index (χ0n) is 18.7. The molecule has 0 bridgehead atoms. The second-order valence-electron chi connectivity index (χ2n) is 7.76. The van der Waals surface area contributed by atoms with Crippen molar-refractivity contribution in [2.24, 2.45) is 0 Å². The summed E-state index contributed by atoms with van der Waals surface area (Å²) in [5.74, 6) is 0.0234. The molecule has 0 saturated heterocycles. The minimum absolute atomic E-state index is 0.0222. The van der Waals surface area contributed by atoms with E-state index in [9.17, 15) is 14.0 Å². The Morgan fingerprint density at radius 1 is 1.11 bits per heavy atom. The van der Waals surface area contributed by atoms with Gasteiger partial charge in [-0.2, -0.15) is 0 Å². The quantitative estimate of drug-likeness (QED) is 0.254. The van der Waals surface area contributed by atoms with Gasteiger partial charge >= 0.3 is 0 Å². The van der Waals surface area contributed by atoms with Crippen LogP contribution in [0.5, 0.6) is 5.75 Å². The highest BCUT2D eigenvalue weighted by Gasteiger charge is 2.19. The molecule has 35 heavy (non-hydrogen) atoms. The number of aromatic nitrogens is 2. The monoisotopic (exact) mass is 489 g/mol. The number of carbonyl (C=O) groups is 1. The van der Waals surface area contributed by atoms with Crippen molar-refractivity contribution >= 4 is 45.4 Å². The molecule has 0 radical (unpaired) electrons. The van der Waals surface area contributed by atoms with Crippen LogP contribution in [0.25, 0.3) is 22.1 Å². The number of halogens is 1. The Balaban J connectivity index is 1.49. The van der Waals surface area contributed by atoms with E-state index >= 15 is 0 Å². The molecule has 0 saturated carbocycles. The summed E-state index contributed by atoms with van der Waals surface area (Å²) in [6, 6.07) is 20.2. The molecule has 0 aliphatic carbocycles. The van der Waals surface area contributed by atoms with Gasteiger partial charge in [-0.25, -0.2) is 9.37 Å². The number of carbonyl (C=O) groups excluding carboxylic acids is 1. The van der Waals surface area contributed by atoms with Gasteiger partial charge in [0.25, 0.3) is 5.56 Å². The fraction of sp³-hybridized carbons (Fsp3) is 0.115. The molecule has 7 nitrogen and oxygen atoms in total. The van der Waals surface area contributed by atoms with Crippen LogP contribution in [0.15, 0.2) is 87.2 Å². The van der Waals surface area contributed by atoms with E-state index in [1.165, 1.54) is 16.7 Å². The second kappa shape index (κ2) is 9.63. The van der Waals surface area contributed by atoms with Crippen molar-refractivity contribution in [1.82, 2.24) is 9.55 Å². The number of furan rings is 1. The second-order valence-corrected chi connectivity index (χ2v) is 8.70. The molecule has 0 spiro atoms. The summed E-state index contributed by atoms with van der Waals surface area (Å²) < 4.78 is 25.8. The number of ether oxygens (including phenoxy) is 1. The van der Waals surface area contributed by atoms with E-state index in [-0.39, 0.29) is 35.2 Å². The number of nitrogens with zero attached hydrogens (tertiary/aromatic N) is 2. The van der Waals surface area contributed by atoms with Gasteiger partial charge in [-0.15, -0.1) is 0 Å². The fourth-order valence-corrected chi connectivity index (χ4v) is 4.49. The van der Waals surface area contributed by atoms with Crippen LogP contribution in [0.1, 0.15) is 5.56 Å². The molecular weight excluding hydrogens is 469 g/mol. The lowest BCUT2D eigenvalue weighted by atomic mass is 10.2. The molecule has 0 atom stereocenters. The molecule has 0 aliphatic rings. The van der Waals surface area contributed by atoms with E-state index in [0.717, 1.165) is 17.1 Å². The predicted molar refractivity (Wildman–Crippen MR) is 134 cm³/mol. The summed E-state index contributed by atoms with van der Waals surface area (Å²) in [7, 11) is 1.55. The van der Waals surface area contributed by atoms with Crippen LogP contribution < -0.4 is 15.6 Å².